The van der Waals surface area contributed by atoms with E-state index >= 15 is 0 Å². The molecule has 0 aliphatic rings. The molecule has 0 aliphatic carbocycles. The van der Waals surface area contributed by atoms with Crippen LogP contribution < -0.4 is 5.43 Å². The minimum Gasteiger partial charge on any atom is -0.258 e. The summed E-state index contributed by atoms with van der Waals surface area (Å²) in [6.07, 6.45) is 3.21. The van der Waals surface area contributed by atoms with Gasteiger partial charge in [-0.25, -0.2) is 15.4 Å². The molecule has 102 valence electrons. The quantitative estimate of drug-likeness (QED) is 0.526. The molecular formula is C12H10BrN5O2. The van der Waals surface area contributed by atoms with Crippen LogP contribution in [0.5, 0.6) is 0 Å². The first-order chi connectivity index (χ1) is 9.56. The summed E-state index contributed by atoms with van der Waals surface area (Å²) in [5.74, 6) is 0.370. The number of halogens is 1. The molecule has 0 saturated heterocycles. The van der Waals surface area contributed by atoms with E-state index in [-0.39, 0.29) is 5.69 Å². The summed E-state index contributed by atoms with van der Waals surface area (Å²) < 4.78 is 0.777. The number of hydrazone groups is 1. The van der Waals surface area contributed by atoms with Gasteiger partial charge in [0.25, 0.3) is 5.69 Å². The van der Waals surface area contributed by atoms with E-state index in [9.17, 15) is 10.1 Å². The number of nitro benzene ring substituents is 1. The molecule has 0 aliphatic heterocycles. The number of nitrogens with one attached hydrogen (secondary N) is 1. The summed E-state index contributed by atoms with van der Waals surface area (Å²) in [6.45, 7) is 1.78. The Labute approximate surface area is 123 Å². The van der Waals surface area contributed by atoms with Crippen molar-refractivity contribution < 1.29 is 4.92 Å². The van der Waals surface area contributed by atoms with Crippen LogP contribution in [0.4, 0.5) is 11.6 Å². The van der Waals surface area contributed by atoms with Gasteiger partial charge in [-0.1, -0.05) is 0 Å². The van der Waals surface area contributed by atoms with Crippen LogP contribution in [-0.4, -0.2) is 20.6 Å². The lowest BCUT2D eigenvalue weighted by Gasteiger charge is -2.02. The van der Waals surface area contributed by atoms with E-state index in [1.54, 1.807) is 31.5 Å². The zero-order chi connectivity index (χ0) is 14.5. The molecule has 0 bridgehead atoms. The molecule has 1 aromatic heterocycles. The van der Waals surface area contributed by atoms with Gasteiger partial charge in [-0.05, 0) is 40.5 Å². The Morgan fingerprint density at radius 3 is 2.45 bits per heavy atom. The van der Waals surface area contributed by atoms with Crippen molar-refractivity contribution in [2.45, 2.75) is 6.92 Å². The van der Waals surface area contributed by atoms with Crippen LogP contribution in [0.1, 0.15) is 12.5 Å². The van der Waals surface area contributed by atoms with Gasteiger partial charge in [0.15, 0.2) is 0 Å². The predicted molar refractivity (Wildman–Crippen MR) is 78.7 cm³/mol. The van der Waals surface area contributed by atoms with Gasteiger partial charge in [0.2, 0.25) is 5.95 Å². The Hall–Kier alpha value is -2.35. The summed E-state index contributed by atoms with van der Waals surface area (Å²) in [5, 5.41) is 14.7. The minimum atomic E-state index is -0.440. The third-order valence-corrected chi connectivity index (χ3v) is 2.85. The maximum Gasteiger partial charge on any atom is 0.269 e. The largest absolute Gasteiger partial charge is 0.269 e. The zero-order valence-electron chi connectivity index (χ0n) is 10.4. The molecule has 0 saturated carbocycles. The minimum absolute atomic E-state index is 0.0470. The van der Waals surface area contributed by atoms with Crippen molar-refractivity contribution >= 4 is 33.3 Å². The lowest BCUT2D eigenvalue weighted by atomic mass is 10.1. The summed E-state index contributed by atoms with van der Waals surface area (Å²) in [6, 6.07) is 6.15. The van der Waals surface area contributed by atoms with E-state index in [2.05, 4.69) is 36.4 Å². The van der Waals surface area contributed by atoms with Crippen LogP contribution in [-0.2, 0) is 0 Å². The second-order valence-corrected chi connectivity index (χ2v) is 4.75. The Bertz CT molecular complexity index is 640. The van der Waals surface area contributed by atoms with Crippen molar-refractivity contribution in [1.82, 2.24) is 9.97 Å². The molecular weight excluding hydrogens is 326 g/mol. The number of benzene rings is 1. The average Bonchev–Trinajstić information content (AvgIpc) is 2.46. The molecule has 0 fully saturated rings. The first kappa shape index (κ1) is 14.1. The number of nitro groups is 1. The molecule has 7 nitrogen and oxygen atoms in total. The van der Waals surface area contributed by atoms with Crippen molar-refractivity contribution in [3.63, 3.8) is 0 Å². The number of nitrogens with zero attached hydrogens (tertiary/aromatic N) is 4. The second-order valence-electron chi connectivity index (χ2n) is 3.84. The molecule has 0 amide bonds. The van der Waals surface area contributed by atoms with E-state index in [0.717, 1.165) is 10.0 Å². The predicted octanol–water partition coefficient (Wildman–Crippen LogP) is 2.98. The average molecular weight is 336 g/mol. The first-order valence-electron chi connectivity index (χ1n) is 5.59. The SMILES string of the molecule is C/C(=N\Nc1ncc(Br)cn1)c1ccc([N+](=O)[O-])cc1. The van der Waals surface area contributed by atoms with Crippen LogP contribution in [0.3, 0.4) is 0 Å². The van der Waals surface area contributed by atoms with Gasteiger partial charge in [-0.15, -0.1) is 0 Å². The summed E-state index contributed by atoms with van der Waals surface area (Å²) in [5.41, 5.74) is 4.22. The molecule has 1 heterocycles. The number of anilines is 1. The normalized spacial score (nSPS) is 11.2. The van der Waals surface area contributed by atoms with Gasteiger partial charge in [0.05, 0.1) is 15.1 Å². The molecule has 2 aromatic rings. The second kappa shape index (κ2) is 6.20. The highest BCUT2D eigenvalue weighted by Gasteiger charge is 2.05. The van der Waals surface area contributed by atoms with Gasteiger partial charge >= 0.3 is 0 Å². The highest BCUT2D eigenvalue weighted by molar-refractivity contribution is 9.10. The standard InChI is InChI=1S/C12H10BrN5O2/c1-8(9-2-4-11(5-3-9)18(19)20)16-17-12-14-6-10(13)7-15-12/h2-7H,1H3,(H,14,15,17)/b16-8+. The van der Waals surface area contributed by atoms with Gasteiger partial charge < -0.3 is 0 Å². The maximum atomic E-state index is 10.6. The molecule has 0 atom stereocenters. The molecule has 1 aromatic carbocycles. The number of non-ortho nitro benzene ring substituents is 1. The molecule has 20 heavy (non-hydrogen) atoms. The van der Waals surface area contributed by atoms with Crippen LogP contribution in [0, 0.1) is 10.1 Å². The van der Waals surface area contributed by atoms with Crippen molar-refractivity contribution in [3.05, 3.63) is 56.8 Å². The third kappa shape index (κ3) is 3.58. The Kier molecular flexibility index (Phi) is 4.36. The van der Waals surface area contributed by atoms with Gasteiger partial charge in [-0.3, -0.25) is 10.1 Å². The summed E-state index contributed by atoms with van der Waals surface area (Å²) in [4.78, 5) is 18.2. The first-order valence-corrected chi connectivity index (χ1v) is 6.38. The lowest BCUT2D eigenvalue weighted by molar-refractivity contribution is -0.384. The Balaban J connectivity index is 2.09. The van der Waals surface area contributed by atoms with E-state index in [4.69, 9.17) is 0 Å². The molecule has 8 heteroatoms. The van der Waals surface area contributed by atoms with Crippen molar-refractivity contribution in [3.8, 4) is 0 Å². The molecule has 1 N–H and O–H groups in total. The third-order valence-electron chi connectivity index (χ3n) is 2.44. The zero-order valence-corrected chi connectivity index (χ0v) is 12.0. The molecule has 0 radical (unpaired) electrons. The fourth-order valence-electron chi connectivity index (χ4n) is 1.39. The highest BCUT2D eigenvalue weighted by atomic mass is 79.9. The number of hydrogen-bond donors (Lipinski definition) is 1. The maximum absolute atomic E-state index is 10.6. The van der Waals surface area contributed by atoms with Crippen molar-refractivity contribution in [2.24, 2.45) is 5.10 Å². The van der Waals surface area contributed by atoms with Crippen molar-refractivity contribution in [2.75, 3.05) is 5.43 Å². The van der Waals surface area contributed by atoms with Crippen LogP contribution in [0.2, 0.25) is 0 Å². The van der Waals surface area contributed by atoms with E-state index in [0.29, 0.717) is 11.7 Å². The monoisotopic (exact) mass is 335 g/mol. The number of aromatic nitrogens is 2. The highest BCUT2D eigenvalue weighted by Crippen LogP contribution is 2.13. The fourth-order valence-corrected chi connectivity index (χ4v) is 1.60. The van der Waals surface area contributed by atoms with Crippen molar-refractivity contribution in [1.29, 1.82) is 0 Å². The van der Waals surface area contributed by atoms with Gasteiger partial charge in [0, 0.05) is 24.5 Å². The molecule has 0 spiro atoms. The summed E-state index contributed by atoms with van der Waals surface area (Å²) in [7, 11) is 0. The van der Waals surface area contributed by atoms with Crippen LogP contribution >= 0.6 is 15.9 Å². The molecule has 2 rings (SSSR count). The van der Waals surface area contributed by atoms with Crippen LogP contribution in [0.15, 0.2) is 46.2 Å². The lowest BCUT2D eigenvalue weighted by Crippen LogP contribution is -2.02. The Morgan fingerprint density at radius 1 is 1.30 bits per heavy atom. The van der Waals surface area contributed by atoms with E-state index < -0.39 is 4.92 Å². The van der Waals surface area contributed by atoms with Gasteiger partial charge in [-0.2, -0.15) is 5.10 Å². The van der Waals surface area contributed by atoms with E-state index in [1.165, 1.54) is 12.1 Å². The number of hydrogen-bond acceptors (Lipinski definition) is 6. The smallest absolute Gasteiger partial charge is 0.258 e. The fraction of sp³-hybridized carbons (Fsp3) is 0.0833. The topological polar surface area (TPSA) is 93.3 Å². The van der Waals surface area contributed by atoms with Crippen LogP contribution in [0.25, 0.3) is 0 Å². The summed E-state index contributed by atoms with van der Waals surface area (Å²) >= 11 is 3.24. The van der Waals surface area contributed by atoms with E-state index in [1.807, 2.05) is 0 Å². The number of rotatable bonds is 4. The van der Waals surface area contributed by atoms with Gasteiger partial charge in [0.1, 0.15) is 0 Å². The molecule has 0 unspecified atom stereocenters. The Morgan fingerprint density at radius 2 is 1.90 bits per heavy atom.